The molecule has 0 radical (unpaired) electrons. The summed E-state index contributed by atoms with van der Waals surface area (Å²) in [6.07, 6.45) is -0.351. The first-order valence-electron chi connectivity index (χ1n) is 9.08. The van der Waals surface area contributed by atoms with Crippen molar-refractivity contribution in [3.05, 3.63) is 46.3 Å². The minimum Gasteiger partial charge on any atom is -0.453 e. The first-order valence-corrected chi connectivity index (χ1v) is 11.5. The van der Waals surface area contributed by atoms with Crippen molar-refractivity contribution >= 4 is 44.1 Å². The quantitative estimate of drug-likeness (QED) is 0.687. The summed E-state index contributed by atoms with van der Waals surface area (Å²) in [5.74, 6) is -1.60. The zero-order chi connectivity index (χ0) is 21.9. The number of nitrogens with zero attached hydrogens (tertiary/aromatic N) is 1. The van der Waals surface area contributed by atoms with Gasteiger partial charge in [-0.25, -0.2) is 13.2 Å². The van der Waals surface area contributed by atoms with Gasteiger partial charge in [-0.1, -0.05) is 18.2 Å². The molecule has 0 saturated carbocycles. The van der Waals surface area contributed by atoms with E-state index < -0.39 is 27.7 Å². The van der Waals surface area contributed by atoms with Gasteiger partial charge in [0.15, 0.2) is 9.84 Å². The summed E-state index contributed by atoms with van der Waals surface area (Å²) >= 11 is 1.15. The monoisotopic (exact) mass is 451 g/mol. The topological polar surface area (TPSA) is 136 Å². The van der Waals surface area contributed by atoms with Crippen LogP contribution in [0.2, 0.25) is 0 Å². The number of ether oxygens (including phenoxy) is 1. The number of nitrogens with one attached hydrogen (secondary N) is 1. The van der Waals surface area contributed by atoms with Crippen molar-refractivity contribution in [2.45, 2.75) is 24.3 Å². The van der Waals surface area contributed by atoms with E-state index >= 15 is 0 Å². The van der Waals surface area contributed by atoms with Gasteiger partial charge in [0, 0.05) is 17.8 Å². The summed E-state index contributed by atoms with van der Waals surface area (Å²) in [6.45, 7) is 0.602. The third kappa shape index (κ3) is 4.62. The van der Waals surface area contributed by atoms with E-state index in [1.807, 2.05) is 0 Å². The van der Waals surface area contributed by atoms with Crippen LogP contribution in [0.1, 0.15) is 27.2 Å². The van der Waals surface area contributed by atoms with Crippen molar-refractivity contribution in [2.24, 2.45) is 5.73 Å². The van der Waals surface area contributed by atoms with Gasteiger partial charge >= 0.3 is 6.09 Å². The predicted octanol–water partition coefficient (Wildman–Crippen LogP) is 1.77. The lowest BCUT2D eigenvalue weighted by Gasteiger charge is -2.25. The molecule has 0 spiro atoms. The van der Waals surface area contributed by atoms with Crippen LogP contribution in [-0.2, 0) is 32.3 Å². The zero-order valence-corrected chi connectivity index (χ0v) is 17.8. The average molecular weight is 452 g/mol. The SMILES string of the molecule is COC(=O)N1CCc2c(sc(NC(=O)CCS(=O)(=O)c3ccccc3)c2C(N)=O)C1. The van der Waals surface area contributed by atoms with E-state index in [0.29, 0.717) is 18.5 Å². The Kier molecular flexibility index (Phi) is 6.42. The number of carbonyl (C=O) groups excluding carboxylic acids is 3. The van der Waals surface area contributed by atoms with Crippen LogP contribution >= 0.6 is 11.3 Å². The molecule has 30 heavy (non-hydrogen) atoms. The lowest BCUT2D eigenvalue weighted by atomic mass is 10.0. The lowest BCUT2D eigenvalue weighted by molar-refractivity contribution is -0.115. The maximum Gasteiger partial charge on any atom is 0.409 e. The van der Waals surface area contributed by atoms with Crippen LogP contribution in [0.25, 0.3) is 0 Å². The second kappa shape index (κ2) is 8.84. The fourth-order valence-corrected chi connectivity index (χ4v) is 5.75. The van der Waals surface area contributed by atoms with Crippen molar-refractivity contribution in [1.82, 2.24) is 4.90 Å². The molecule has 3 N–H and O–H groups in total. The van der Waals surface area contributed by atoms with Crippen LogP contribution in [0.4, 0.5) is 9.80 Å². The number of anilines is 1. The van der Waals surface area contributed by atoms with Gasteiger partial charge in [-0.15, -0.1) is 11.3 Å². The Hall–Kier alpha value is -2.92. The Morgan fingerprint density at radius 1 is 1.23 bits per heavy atom. The Morgan fingerprint density at radius 2 is 1.93 bits per heavy atom. The van der Waals surface area contributed by atoms with Gasteiger partial charge in [0.1, 0.15) is 5.00 Å². The lowest BCUT2D eigenvalue weighted by Crippen LogP contribution is -2.35. The molecule has 3 amide bonds. The number of sulfone groups is 1. The van der Waals surface area contributed by atoms with E-state index in [4.69, 9.17) is 10.5 Å². The number of amides is 3. The number of rotatable bonds is 6. The van der Waals surface area contributed by atoms with E-state index in [2.05, 4.69) is 5.32 Å². The Balaban J connectivity index is 1.73. The summed E-state index contributed by atoms with van der Waals surface area (Å²) in [6, 6.07) is 7.87. The van der Waals surface area contributed by atoms with Gasteiger partial charge in [0.25, 0.3) is 5.91 Å². The Morgan fingerprint density at radius 3 is 2.57 bits per heavy atom. The molecular weight excluding hydrogens is 430 g/mol. The molecule has 11 heteroatoms. The first kappa shape index (κ1) is 21.8. The van der Waals surface area contributed by atoms with E-state index in [0.717, 1.165) is 16.2 Å². The van der Waals surface area contributed by atoms with Crippen molar-refractivity contribution in [1.29, 1.82) is 0 Å². The van der Waals surface area contributed by atoms with Gasteiger partial charge in [0.05, 0.1) is 29.9 Å². The van der Waals surface area contributed by atoms with Gasteiger partial charge in [0.2, 0.25) is 5.91 Å². The summed E-state index contributed by atoms with van der Waals surface area (Å²) in [4.78, 5) is 38.5. The molecule has 3 rings (SSSR count). The minimum atomic E-state index is -3.60. The predicted molar refractivity (Wildman–Crippen MR) is 111 cm³/mol. The molecule has 1 aromatic carbocycles. The van der Waals surface area contributed by atoms with Crippen LogP contribution in [-0.4, -0.2) is 50.6 Å². The molecule has 0 atom stereocenters. The van der Waals surface area contributed by atoms with Crippen LogP contribution in [0, 0.1) is 0 Å². The third-order valence-electron chi connectivity index (χ3n) is 4.69. The van der Waals surface area contributed by atoms with E-state index in [1.165, 1.54) is 24.1 Å². The average Bonchev–Trinajstić information content (AvgIpc) is 3.09. The molecule has 1 aliphatic heterocycles. The fourth-order valence-electron chi connectivity index (χ4n) is 3.20. The van der Waals surface area contributed by atoms with Crippen LogP contribution in [0.5, 0.6) is 0 Å². The highest BCUT2D eigenvalue weighted by Crippen LogP contribution is 2.37. The molecule has 2 heterocycles. The number of hydrogen-bond donors (Lipinski definition) is 2. The number of hydrogen-bond acceptors (Lipinski definition) is 7. The van der Waals surface area contributed by atoms with Gasteiger partial charge in [-0.05, 0) is 24.1 Å². The minimum absolute atomic E-state index is 0.144. The van der Waals surface area contributed by atoms with Crippen molar-refractivity contribution in [2.75, 3.05) is 24.7 Å². The van der Waals surface area contributed by atoms with Crippen LogP contribution in [0.3, 0.4) is 0 Å². The molecule has 0 bridgehead atoms. The molecule has 2 aromatic rings. The first-order chi connectivity index (χ1) is 14.2. The van der Waals surface area contributed by atoms with Crippen LogP contribution < -0.4 is 11.1 Å². The number of primary amides is 1. The number of fused-ring (bicyclic) bond motifs is 1. The Bertz CT molecular complexity index is 1080. The van der Waals surface area contributed by atoms with E-state index in [-0.39, 0.29) is 34.2 Å². The molecule has 0 saturated heterocycles. The number of benzene rings is 1. The number of thiophene rings is 1. The molecule has 1 aliphatic rings. The highest BCUT2D eigenvalue weighted by molar-refractivity contribution is 7.91. The molecular formula is C19H21N3O6S2. The zero-order valence-electron chi connectivity index (χ0n) is 16.2. The second-order valence-corrected chi connectivity index (χ2v) is 9.86. The Labute approximate surface area is 177 Å². The number of methoxy groups -OCH3 is 1. The summed E-state index contributed by atoms with van der Waals surface area (Å²) < 4.78 is 29.4. The maximum absolute atomic E-state index is 12.4. The largest absolute Gasteiger partial charge is 0.453 e. The summed E-state index contributed by atoms with van der Waals surface area (Å²) in [5, 5.41) is 2.88. The molecule has 160 valence electrons. The number of carbonyl (C=O) groups is 3. The molecule has 0 aliphatic carbocycles. The number of nitrogens with two attached hydrogens (primary N) is 1. The summed E-state index contributed by atoms with van der Waals surface area (Å²) in [5.41, 5.74) is 6.42. The molecule has 0 fully saturated rings. The van der Waals surface area contributed by atoms with E-state index in [1.54, 1.807) is 18.2 Å². The maximum atomic E-state index is 12.4. The standard InChI is InChI=1S/C19H21N3O6S2/c1-28-19(25)22-9-7-13-14(11-22)29-18(16(13)17(20)24)21-15(23)8-10-30(26,27)12-5-3-2-4-6-12/h2-6H,7-11H2,1H3,(H2,20,24)(H,21,23). The molecule has 1 aromatic heterocycles. The smallest absolute Gasteiger partial charge is 0.409 e. The molecule has 9 nitrogen and oxygen atoms in total. The highest BCUT2D eigenvalue weighted by atomic mass is 32.2. The highest BCUT2D eigenvalue weighted by Gasteiger charge is 2.30. The van der Waals surface area contributed by atoms with Gasteiger partial charge in [-0.3, -0.25) is 9.59 Å². The van der Waals surface area contributed by atoms with Crippen molar-refractivity contribution in [3.8, 4) is 0 Å². The van der Waals surface area contributed by atoms with Gasteiger partial charge in [-0.2, -0.15) is 0 Å². The van der Waals surface area contributed by atoms with E-state index in [9.17, 15) is 22.8 Å². The second-order valence-electron chi connectivity index (χ2n) is 6.64. The summed E-state index contributed by atoms with van der Waals surface area (Å²) in [7, 11) is -2.32. The third-order valence-corrected chi connectivity index (χ3v) is 7.55. The van der Waals surface area contributed by atoms with Crippen LogP contribution in [0.15, 0.2) is 35.2 Å². The fraction of sp³-hybridized carbons (Fsp3) is 0.316. The molecule has 0 unspecified atom stereocenters. The van der Waals surface area contributed by atoms with Crippen molar-refractivity contribution < 1.29 is 27.5 Å². The van der Waals surface area contributed by atoms with Gasteiger partial charge < -0.3 is 20.7 Å². The normalized spacial score (nSPS) is 13.4. The van der Waals surface area contributed by atoms with Crippen molar-refractivity contribution in [3.63, 3.8) is 0 Å².